The van der Waals surface area contributed by atoms with Crippen LogP contribution in [0.4, 0.5) is 0 Å². The highest BCUT2D eigenvalue weighted by atomic mass is 32.1. The van der Waals surface area contributed by atoms with Gasteiger partial charge in [-0.05, 0) is 32.5 Å². The van der Waals surface area contributed by atoms with E-state index in [4.69, 9.17) is 18.0 Å². The van der Waals surface area contributed by atoms with Crippen molar-refractivity contribution in [3.8, 4) is 0 Å². The molecule has 1 aromatic rings. The Hall–Kier alpha value is -1.53. The van der Waals surface area contributed by atoms with Crippen molar-refractivity contribution in [2.75, 3.05) is 20.1 Å². The van der Waals surface area contributed by atoms with Gasteiger partial charge >= 0.3 is 0 Å². The molecule has 0 aliphatic carbocycles. The van der Waals surface area contributed by atoms with E-state index in [1.807, 2.05) is 0 Å². The van der Waals surface area contributed by atoms with E-state index in [2.05, 4.69) is 36.1 Å². The van der Waals surface area contributed by atoms with Crippen LogP contribution in [-0.4, -0.2) is 47.0 Å². The molecule has 1 aromatic heterocycles. The van der Waals surface area contributed by atoms with Crippen LogP contribution in [0.2, 0.25) is 0 Å². The molecule has 0 aliphatic heterocycles. The Bertz CT molecular complexity index is 461. The van der Waals surface area contributed by atoms with Crippen LogP contribution < -0.4 is 11.1 Å². The Morgan fingerprint density at radius 2 is 2.25 bits per heavy atom. The highest BCUT2D eigenvalue weighted by molar-refractivity contribution is 7.80. The second-order valence-corrected chi connectivity index (χ2v) is 5.23. The number of pyridine rings is 1. The lowest BCUT2D eigenvalue weighted by atomic mass is 10.2. The SMILES string of the molecule is CCC(C)N(C)CCNC(=O)c1ccc(C(N)=S)cn1. The minimum atomic E-state index is -0.183. The summed E-state index contributed by atoms with van der Waals surface area (Å²) in [6.07, 6.45) is 2.61. The summed E-state index contributed by atoms with van der Waals surface area (Å²) in [5.74, 6) is -0.183. The van der Waals surface area contributed by atoms with Crippen LogP contribution in [0.25, 0.3) is 0 Å². The Kier molecular flexibility index (Phi) is 6.54. The summed E-state index contributed by atoms with van der Waals surface area (Å²) in [7, 11) is 2.05. The van der Waals surface area contributed by atoms with Crippen LogP contribution in [0.15, 0.2) is 18.3 Å². The standard InChI is InChI=1S/C14H22N4OS/c1-4-10(2)18(3)8-7-16-14(19)12-6-5-11(9-17-12)13(15)20/h5-6,9-10H,4,7-8H2,1-3H3,(H2,15,20)(H,16,19). The van der Waals surface area contributed by atoms with Crippen LogP contribution in [0.5, 0.6) is 0 Å². The number of rotatable bonds is 7. The van der Waals surface area contributed by atoms with Gasteiger partial charge in [0.1, 0.15) is 10.7 Å². The Morgan fingerprint density at radius 1 is 1.55 bits per heavy atom. The molecule has 110 valence electrons. The molecule has 6 heteroatoms. The molecule has 1 amide bonds. The van der Waals surface area contributed by atoms with Crippen molar-refractivity contribution in [3.63, 3.8) is 0 Å². The largest absolute Gasteiger partial charge is 0.389 e. The predicted octanol–water partition coefficient (Wildman–Crippen LogP) is 1.18. The molecule has 1 atom stereocenters. The summed E-state index contributed by atoms with van der Waals surface area (Å²) < 4.78 is 0. The quantitative estimate of drug-likeness (QED) is 0.739. The van der Waals surface area contributed by atoms with Gasteiger partial charge in [-0.3, -0.25) is 9.78 Å². The number of nitrogens with zero attached hydrogens (tertiary/aromatic N) is 2. The molecule has 0 saturated carbocycles. The highest BCUT2D eigenvalue weighted by Gasteiger charge is 2.09. The fraction of sp³-hybridized carbons (Fsp3) is 0.500. The van der Waals surface area contributed by atoms with E-state index >= 15 is 0 Å². The molecule has 0 bridgehead atoms. The number of hydrogen-bond donors (Lipinski definition) is 2. The minimum absolute atomic E-state index is 0.183. The molecule has 0 aliphatic rings. The van der Waals surface area contributed by atoms with Gasteiger partial charge in [-0.15, -0.1) is 0 Å². The maximum absolute atomic E-state index is 11.9. The van der Waals surface area contributed by atoms with E-state index in [-0.39, 0.29) is 10.9 Å². The van der Waals surface area contributed by atoms with E-state index in [1.165, 1.54) is 6.20 Å². The first-order valence-corrected chi connectivity index (χ1v) is 7.10. The van der Waals surface area contributed by atoms with Crippen molar-refractivity contribution in [1.82, 2.24) is 15.2 Å². The van der Waals surface area contributed by atoms with Crippen LogP contribution >= 0.6 is 12.2 Å². The molecule has 0 fully saturated rings. The van der Waals surface area contributed by atoms with Gasteiger partial charge in [0, 0.05) is 30.9 Å². The number of carbonyl (C=O) groups excluding carboxylic acids is 1. The summed E-state index contributed by atoms with van der Waals surface area (Å²) in [6, 6.07) is 3.84. The van der Waals surface area contributed by atoms with Crippen LogP contribution in [0, 0.1) is 0 Å². The third kappa shape index (κ3) is 4.86. The number of thiocarbonyl (C=S) groups is 1. The zero-order chi connectivity index (χ0) is 15.1. The number of nitrogens with two attached hydrogens (primary N) is 1. The second-order valence-electron chi connectivity index (χ2n) is 4.79. The van der Waals surface area contributed by atoms with Crippen molar-refractivity contribution in [3.05, 3.63) is 29.6 Å². The second kappa shape index (κ2) is 7.91. The van der Waals surface area contributed by atoms with Crippen molar-refractivity contribution < 1.29 is 4.79 Å². The maximum Gasteiger partial charge on any atom is 0.269 e. The lowest BCUT2D eigenvalue weighted by molar-refractivity contribution is 0.0942. The zero-order valence-corrected chi connectivity index (χ0v) is 13.0. The van der Waals surface area contributed by atoms with E-state index in [0.29, 0.717) is 23.8 Å². The van der Waals surface area contributed by atoms with Crippen LogP contribution in [0.3, 0.4) is 0 Å². The molecule has 0 aromatic carbocycles. The van der Waals surface area contributed by atoms with Gasteiger partial charge in [-0.25, -0.2) is 0 Å². The Morgan fingerprint density at radius 3 is 2.75 bits per heavy atom. The van der Waals surface area contributed by atoms with E-state index in [9.17, 15) is 4.79 Å². The Labute approximate surface area is 125 Å². The average Bonchev–Trinajstić information content (AvgIpc) is 2.46. The monoisotopic (exact) mass is 294 g/mol. The predicted molar refractivity (Wildman–Crippen MR) is 84.8 cm³/mol. The number of nitrogens with one attached hydrogen (secondary N) is 1. The smallest absolute Gasteiger partial charge is 0.269 e. The lowest BCUT2D eigenvalue weighted by Crippen LogP contribution is -2.37. The summed E-state index contributed by atoms with van der Waals surface area (Å²) in [5.41, 5.74) is 6.51. The van der Waals surface area contributed by atoms with Crippen molar-refractivity contribution in [2.24, 2.45) is 5.73 Å². The zero-order valence-electron chi connectivity index (χ0n) is 12.2. The number of aromatic nitrogens is 1. The number of carbonyl (C=O) groups is 1. The molecule has 20 heavy (non-hydrogen) atoms. The molecule has 0 spiro atoms. The molecule has 0 radical (unpaired) electrons. The molecule has 1 unspecified atom stereocenters. The van der Waals surface area contributed by atoms with Crippen LogP contribution in [-0.2, 0) is 0 Å². The molecule has 3 N–H and O–H groups in total. The first-order chi connectivity index (χ1) is 9.45. The fourth-order valence-electron chi connectivity index (χ4n) is 1.64. The Balaban J connectivity index is 2.45. The van der Waals surface area contributed by atoms with Crippen LogP contribution in [0.1, 0.15) is 36.3 Å². The van der Waals surface area contributed by atoms with E-state index in [0.717, 1.165) is 13.0 Å². The van der Waals surface area contributed by atoms with Gasteiger partial charge in [-0.2, -0.15) is 0 Å². The van der Waals surface area contributed by atoms with E-state index in [1.54, 1.807) is 12.1 Å². The topological polar surface area (TPSA) is 71.2 Å². The third-order valence-electron chi connectivity index (χ3n) is 3.37. The van der Waals surface area contributed by atoms with Gasteiger partial charge in [0.25, 0.3) is 5.91 Å². The normalized spacial score (nSPS) is 12.2. The summed E-state index contributed by atoms with van der Waals surface area (Å²) in [6.45, 7) is 5.72. The maximum atomic E-state index is 11.9. The van der Waals surface area contributed by atoms with Crippen molar-refractivity contribution in [1.29, 1.82) is 0 Å². The first-order valence-electron chi connectivity index (χ1n) is 6.70. The van der Waals surface area contributed by atoms with Crippen molar-refractivity contribution in [2.45, 2.75) is 26.3 Å². The molecule has 0 saturated heterocycles. The van der Waals surface area contributed by atoms with Gasteiger partial charge in [0.2, 0.25) is 0 Å². The molecular formula is C14H22N4OS. The van der Waals surface area contributed by atoms with Crippen molar-refractivity contribution >= 4 is 23.1 Å². The highest BCUT2D eigenvalue weighted by Crippen LogP contribution is 2.01. The van der Waals surface area contributed by atoms with Gasteiger partial charge in [0.15, 0.2) is 0 Å². The molecule has 1 heterocycles. The first kappa shape index (κ1) is 16.5. The molecule has 5 nitrogen and oxygen atoms in total. The summed E-state index contributed by atoms with van der Waals surface area (Å²) in [4.78, 5) is 18.4. The van der Waals surface area contributed by atoms with Gasteiger partial charge in [0.05, 0.1) is 0 Å². The van der Waals surface area contributed by atoms with Gasteiger partial charge in [-0.1, -0.05) is 19.1 Å². The third-order valence-corrected chi connectivity index (χ3v) is 3.61. The van der Waals surface area contributed by atoms with Gasteiger partial charge < -0.3 is 16.0 Å². The summed E-state index contributed by atoms with van der Waals surface area (Å²) in [5, 5.41) is 2.85. The average molecular weight is 294 g/mol. The molecule has 1 rings (SSSR count). The lowest BCUT2D eigenvalue weighted by Gasteiger charge is -2.23. The van der Waals surface area contributed by atoms with E-state index < -0.39 is 0 Å². The fourth-order valence-corrected chi connectivity index (χ4v) is 1.76. The number of likely N-dealkylation sites (N-methyl/N-ethyl adjacent to an activating group) is 1. The molecular weight excluding hydrogens is 272 g/mol. The number of amides is 1. The summed E-state index contributed by atoms with van der Waals surface area (Å²) >= 11 is 4.84. The number of hydrogen-bond acceptors (Lipinski definition) is 4. The minimum Gasteiger partial charge on any atom is -0.389 e.